The Hall–Kier alpha value is -3.37. The molecule has 3 aromatic rings. The molecule has 7 nitrogen and oxygen atoms in total. The first-order valence-electron chi connectivity index (χ1n) is 11.5. The van der Waals surface area contributed by atoms with E-state index >= 15 is 0 Å². The molecular weight excluding hydrogens is 475 g/mol. The molecule has 2 aromatic carbocycles. The summed E-state index contributed by atoms with van der Waals surface area (Å²) in [6.07, 6.45) is -2.04. The van der Waals surface area contributed by atoms with E-state index in [1.807, 2.05) is 18.3 Å². The lowest BCUT2D eigenvalue weighted by atomic mass is 10.0. The second-order valence-electron chi connectivity index (χ2n) is 9.10. The van der Waals surface area contributed by atoms with Crippen LogP contribution < -0.4 is 4.74 Å². The first kappa shape index (κ1) is 25.7. The van der Waals surface area contributed by atoms with E-state index < -0.39 is 12.1 Å². The molecule has 36 heavy (non-hydrogen) atoms. The van der Waals surface area contributed by atoms with Gasteiger partial charge in [0.05, 0.1) is 25.5 Å². The number of imidazole rings is 1. The van der Waals surface area contributed by atoms with E-state index in [0.717, 1.165) is 44.2 Å². The first-order valence-corrected chi connectivity index (χ1v) is 11.5. The molecule has 1 saturated heterocycles. The number of hydrogen-bond donors (Lipinski definition) is 1. The number of likely N-dealkylation sites (tertiary alicyclic amines) is 1. The van der Waals surface area contributed by atoms with Gasteiger partial charge in [-0.1, -0.05) is 35.9 Å². The Kier molecular flexibility index (Phi) is 7.37. The van der Waals surface area contributed by atoms with Crippen LogP contribution in [-0.4, -0.2) is 57.5 Å². The number of carboxylic acid groups (broad SMARTS) is 1. The highest BCUT2D eigenvalue weighted by Crippen LogP contribution is 2.35. The topological polar surface area (TPSA) is 76.8 Å². The van der Waals surface area contributed by atoms with Gasteiger partial charge in [-0.15, -0.1) is 0 Å². The smallest absolute Gasteiger partial charge is 0.490 e. The van der Waals surface area contributed by atoms with Gasteiger partial charge in [-0.05, 0) is 37.1 Å². The second kappa shape index (κ2) is 10.3. The zero-order valence-electron chi connectivity index (χ0n) is 20.1. The molecule has 1 fully saturated rings. The number of benzene rings is 2. The zero-order valence-corrected chi connectivity index (χ0v) is 20.1. The van der Waals surface area contributed by atoms with Crippen molar-refractivity contribution in [1.82, 2.24) is 14.5 Å². The van der Waals surface area contributed by atoms with Crippen molar-refractivity contribution in [3.05, 3.63) is 71.7 Å². The van der Waals surface area contributed by atoms with Crippen LogP contribution in [0.1, 0.15) is 23.4 Å². The van der Waals surface area contributed by atoms with E-state index in [1.54, 1.807) is 7.11 Å². The molecule has 1 atom stereocenters. The van der Waals surface area contributed by atoms with Crippen LogP contribution >= 0.6 is 0 Å². The molecule has 1 N–H and O–H groups in total. The Morgan fingerprint density at radius 2 is 1.92 bits per heavy atom. The van der Waals surface area contributed by atoms with Crippen molar-refractivity contribution in [2.75, 3.05) is 20.2 Å². The van der Waals surface area contributed by atoms with Crippen LogP contribution in [0.25, 0.3) is 11.3 Å². The molecule has 10 heteroatoms. The van der Waals surface area contributed by atoms with Crippen LogP contribution in [0.3, 0.4) is 0 Å². The normalized spacial score (nSPS) is 19.5. The Bertz CT molecular complexity index is 1210. The van der Waals surface area contributed by atoms with Crippen LogP contribution in [0.15, 0.2) is 54.7 Å². The van der Waals surface area contributed by atoms with Crippen molar-refractivity contribution >= 4 is 5.97 Å². The number of ether oxygens (including phenoxy) is 2. The molecule has 2 aliphatic heterocycles. The van der Waals surface area contributed by atoms with E-state index in [0.29, 0.717) is 6.61 Å². The Labute approximate surface area is 207 Å². The second-order valence-corrected chi connectivity index (χ2v) is 9.10. The van der Waals surface area contributed by atoms with Crippen molar-refractivity contribution in [3.8, 4) is 17.0 Å². The van der Waals surface area contributed by atoms with Gasteiger partial charge in [0.2, 0.25) is 0 Å². The largest absolute Gasteiger partial charge is 0.497 e. The highest BCUT2D eigenvalue weighted by atomic mass is 19.4. The summed E-state index contributed by atoms with van der Waals surface area (Å²) in [5.41, 5.74) is 4.88. The van der Waals surface area contributed by atoms with Gasteiger partial charge in [0.15, 0.2) is 0 Å². The average molecular weight is 504 g/mol. The minimum atomic E-state index is -5.08. The van der Waals surface area contributed by atoms with Crippen LogP contribution in [0.5, 0.6) is 5.75 Å². The number of halogens is 3. The lowest BCUT2D eigenvalue weighted by Crippen LogP contribution is -2.44. The fraction of sp³-hybridized carbons (Fsp3) is 0.385. The number of aromatic nitrogens is 2. The molecule has 2 aliphatic rings. The minimum Gasteiger partial charge on any atom is -0.497 e. The highest BCUT2D eigenvalue weighted by Gasteiger charge is 2.43. The SMILES string of the molecule is COc1ccc(CN2CCC3(C2)Cn2c(-c4cccc(C)c4)cnc2CO3)cc1.O=C(O)C(F)(F)F. The Morgan fingerprint density at radius 3 is 2.56 bits per heavy atom. The third-order valence-electron chi connectivity index (χ3n) is 6.41. The van der Waals surface area contributed by atoms with Gasteiger partial charge in [-0.3, -0.25) is 4.90 Å². The number of methoxy groups -OCH3 is 1. The minimum absolute atomic E-state index is 0.126. The summed E-state index contributed by atoms with van der Waals surface area (Å²) in [5, 5.41) is 7.12. The fourth-order valence-corrected chi connectivity index (χ4v) is 4.59. The van der Waals surface area contributed by atoms with Crippen LogP contribution in [0, 0.1) is 6.92 Å². The first-order chi connectivity index (χ1) is 17.1. The van der Waals surface area contributed by atoms with Crippen LogP contribution in [-0.2, 0) is 29.2 Å². The standard InChI is InChI=1S/C24H27N3O2.C2HF3O2/c1-18-4-3-5-20(12-18)22-13-25-23-15-29-24(17-27(22)23)10-11-26(16-24)14-19-6-8-21(28-2)9-7-19;3-2(4,5)1(6)7/h3-9,12-13H,10-11,14-17H2,1-2H3;(H,6,7). The van der Waals surface area contributed by atoms with Gasteiger partial charge < -0.3 is 19.1 Å². The molecule has 1 spiro atoms. The van der Waals surface area contributed by atoms with Crippen LogP contribution in [0.4, 0.5) is 13.2 Å². The van der Waals surface area contributed by atoms with Gasteiger partial charge in [0, 0.05) is 25.2 Å². The van der Waals surface area contributed by atoms with E-state index in [9.17, 15) is 13.2 Å². The summed E-state index contributed by atoms with van der Waals surface area (Å²) < 4.78 is 45.8. The maximum Gasteiger partial charge on any atom is 0.490 e. The summed E-state index contributed by atoms with van der Waals surface area (Å²) in [5.74, 6) is -0.827. The summed E-state index contributed by atoms with van der Waals surface area (Å²) in [4.78, 5) is 16.0. The summed E-state index contributed by atoms with van der Waals surface area (Å²) >= 11 is 0. The highest BCUT2D eigenvalue weighted by molar-refractivity contribution is 5.73. The molecule has 0 amide bonds. The number of carboxylic acids is 1. The van der Waals surface area contributed by atoms with Crippen molar-refractivity contribution < 1.29 is 32.5 Å². The maximum absolute atomic E-state index is 10.6. The molecule has 0 aliphatic carbocycles. The van der Waals surface area contributed by atoms with Crippen molar-refractivity contribution in [1.29, 1.82) is 0 Å². The molecule has 0 bridgehead atoms. The molecule has 1 aromatic heterocycles. The Balaban J connectivity index is 0.000000384. The monoisotopic (exact) mass is 503 g/mol. The third kappa shape index (κ3) is 5.88. The van der Waals surface area contributed by atoms with Gasteiger partial charge >= 0.3 is 12.1 Å². The number of hydrogen-bond acceptors (Lipinski definition) is 5. The fourth-order valence-electron chi connectivity index (χ4n) is 4.59. The number of carbonyl (C=O) groups is 1. The number of fused-ring (bicyclic) bond motifs is 1. The molecule has 0 saturated carbocycles. The predicted molar refractivity (Wildman–Crippen MR) is 126 cm³/mol. The molecule has 3 heterocycles. The van der Waals surface area contributed by atoms with E-state index in [1.165, 1.54) is 22.4 Å². The Morgan fingerprint density at radius 1 is 1.19 bits per heavy atom. The van der Waals surface area contributed by atoms with E-state index in [2.05, 4.69) is 57.8 Å². The zero-order chi connectivity index (χ0) is 25.9. The average Bonchev–Trinajstić information content (AvgIpc) is 3.43. The number of aliphatic carboxylic acids is 1. The maximum atomic E-state index is 10.6. The predicted octanol–water partition coefficient (Wildman–Crippen LogP) is 4.68. The van der Waals surface area contributed by atoms with Gasteiger partial charge in [0.1, 0.15) is 23.8 Å². The van der Waals surface area contributed by atoms with Crippen molar-refractivity contribution in [2.45, 2.75) is 44.8 Å². The summed E-state index contributed by atoms with van der Waals surface area (Å²) in [6, 6.07) is 17.0. The molecular formula is C26H28F3N3O4. The van der Waals surface area contributed by atoms with Crippen LogP contribution in [0.2, 0.25) is 0 Å². The number of aryl methyl sites for hydroxylation is 1. The molecule has 192 valence electrons. The lowest BCUT2D eigenvalue weighted by Gasteiger charge is -2.35. The molecule has 0 radical (unpaired) electrons. The number of rotatable bonds is 4. The number of nitrogens with zero attached hydrogens (tertiary/aromatic N) is 3. The molecule has 1 unspecified atom stereocenters. The van der Waals surface area contributed by atoms with Gasteiger partial charge in [-0.25, -0.2) is 9.78 Å². The quantitative estimate of drug-likeness (QED) is 0.558. The lowest BCUT2D eigenvalue weighted by molar-refractivity contribution is -0.192. The van der Waals surface area contributed by atoms with Gasteiger partial charge in [-0.2, -0.15) is 13.2 Å². The van der Waals surface area contributed by atoms with E-state index in [-0.39, 0.29) is 5.60 Å². The third-order valence-corrected chi connectivity index (χ3v) is 6.41. The van der Waals surface area contributed by atoms with Crippen molar-refractivity contribution in [3.63, 3.8) is 0 Å². The summed E-state index contributed by atoms with van der Waals surface area (Å²) in [6.45, 7) is 6.53. The van der Waals surface area contributed by atoms with Gasteiger partial charge in [0.25, 0.3) is 0 Å². The summed E-state index contributed by atoms with van der Waals surface area (Å²) in [7, 11) is 1.70. The van der Waals surface area contributed by atoms with Crippen molar-refractivity contribution in [2.24, 2.45) is 0 Å². The molecule has 5 rings (SSSR count). The number of alkyl halides is 3. The van der Waals surface area contributed by atoms with E-state index in [4.69, 9.17) is 19.4 Å².